The highest BCUT2D eigenvalue weighted by molar-refractivity contribution is 6.04. The molecule has 142 valence electrons. The number of amides is 1. The molecule has 1 amide bonds. The molecule has 3 aromatic carbocycles. The molecular weight excluding hydrogens is 352 g/mol. The van der Waals surface area contributed by atoms with Crippen LogP contribution in [0, 0.1) is 13.8 Å². The molecule has 0 atom stereocenters. The molecule has 1 aliphatic rings. The number of carbonyl (C=O) groups is 1. The molecule has 0 saturated carbocycles. The number of carbonyl (C=O) groups excluding carboxylic acids is 1. The summed E-state index contributed by atoms with van der Waals surface area (Å²) in [6.07, 6.45) is 0. The minimum Gasteiger partial charge on any atom is -0.454 e. The van der Waals surface area contributed by atoms with Gasteiger partial charge in [0.25, 0.3) is 5.91 Å². The van der Waals surface area contributed by atoms with Gasteiger partial charge in [-0.05, 0) is 79.1 Å². The Bertz CT molecular complexity index is 1010. The van der Waals surface area contributed by atoms with Gasteiger partial charge in [-0.15, -0.1) is 0 Å². The zero-order chi connectivity index (χ0) is 19.5. The fourth-order valence-electron chi connectivity index (χ4n) is 3.01. The van der Waals surface area contributed by atoms with Gasteiger partial charge in [-0.3, -0.25) is 4.79 Å². The molecular formula is C23H22N2O3. The first kappa shape index (κ1) is 17.9. The van der Waals surface area contributed by atoms with Crippen molar-refractivity contribution in [3.05, 3.63) is 82.9 Å². The van der Waals surface area contributed by atoms with E-state index >= 15 is 0 Å². The van der Waals surface area contributed by atoms with E-state index in [1.165, 1.54) is 5.56 Å². The number of benzene rings is 3. The van der Waals surface area contributed by atoms with Crippen molar-refractivity contribution in [2.45, 2.75) is 20.4 Å². The fraction of sp³-hybridized carbons (Fsp3) is 0.174. The largest absolute Gasteiger partial charge is 0.454 e. The lowest BCUT2D eigenvalue weighted by Crippen LogP contribution is -2.12. The maximum Gasteiger partial charge on any atom is 0.255 e. The quantitative estimate of drug-likeness (QED) is 0.667. The van der Waals surface area contributed by atoms with Gasteiger partial charge >= 0.3 is 0 Å². The molecule has 0 aromatic heterocycles. The Morgan fingerprint density at radius 2 is 1.61 bits per heavy atom. The molecule has 0 saturated heterocycles. The van der Waals surface area contributed by atoms with Crippen LogP contribution in [-0.4, -0.2) is 12.7 Å². The highest BCUT2D eigenvalue weighted by Crippen LogP contribution is 2.32. The Morgan fingerprint density at radius 1 is 0.857 bits per heavy atom. The summed E-state index contributed by atoms with van der Waals surface area (Å²) in [4.78, 5) is 12.4. The Labute approximate surface area is 164 Å². The van der Waals surface area contributed by atoms with Crippen LogP contribution in [0.2, 0.25) is 0 Å². The minimum atomic E-state index is -0.107. The van der Waals surface area contributed by atoms with Gasteiger partial charge in [0.1, 0.15) is 0 Å². The molecule has 0 bridgehead atoms. The van der Waals surface area contributed by atoms with Gasteiger partial charge in [0, 0.05) is 23.5 Å². The van der Waals surface area contributed by atoms with Crippen LogP contribution in [0.15, 0.2) is 60.7 Å². The van der Waals surface area contributed by atoms with E-state index < -0.39 is 0 Å². The second-order valence-corrected chi connectivity index (χ2v) is 6.87. The van der Waals surface area contributed by atoms with Crippen LogP contribution in [0.4, 0.5) is 11.4 Å². The van der Waals surface area contributed by atoms with Crippen molar-refractivity contribution in [1.82, 2.24) is 0 Å². The Morgan fingerprint density at radius 3 is 2.39 bits per heavy atom. The average Bonchev–Trinajstić information content (AvgIpc) is 3.17. The number of aryl methyl sites for hydroxylation is 2. The zero-order valence-corrected chi connectivity index (χ0v) is 15.9. The molecule has 0 unspecified atom stereocenters. The Balaban J connectivity index is 1.35. The number of nitrogens with one attached hydrogen (secondary N) is 2. The zero-order valence-electron chi connectivity index (χ0n) is 15.9. The number of rotatable bonds is 5. The van der Waals surface area contributed by atoms with Gasteiger partial charge in [-0.1, -0.05) is 12.1 Å². The summed E-state index contributed by atoms with van der Waals surface area (Å²) in [5, 5.41) is 6.31. The highest BCUT2D eigenvalue weighted by Gasteiger charge is 2.13. The van der Waals surface area contributed by atoms with Crippen molar-refractivity contribution in [3.63, 3.8) is 0 Å². The van der Waals surface area contributed by atoms with Crippen molar-refractivity contribution in [3.8, 4) is 11.5 Å². The molecule has 1 aliphatic heterocycles. The summed E-state index contributed by atoms with van der Waals surface area (Å²) >= 11 is 0. The third kappa shape index (κ3) is 3.93. The Kier molecular flexibility index (Phi) is 4.89. The minimum absolute atomic E-state index is 0.107. The van der Waals surface area contributed by atoms with Crippen LogP contribution in [0.25, 0.3) is 0 Å². The van der Waals surface area contributed by atoms with Crippen LogP contribution < -0.4 is 20.1 Å². The summed E-state index contributed by atoms with van der Waals surface area (Å²) in [5.74, 6) is 1.46. The maximum atomic E-state index is 12.4. The summed E-state index contributed by atoms with van der Waals surface area (Å²) < 4.78 is 10.7. The predicted octanol–water partition coefficient (Wildman–Crippen LogP) is 4.90. The van der Waals surface area contributed by atoms with Crippen molar-refractivity contribution in [2.75, 3.05) is 17.4 Å². The topological polar surface area (TPSA) is 59.6 Å². The number of anilines is 2. The van der Waals surface area contributed by atoms with E-state index in [0.717, 1.165) is 34.0 Å². The van der Waals surface area contributed by atoms with Crippen LogP contribution in [-0.2, 0) is 6.54 Å². The Hall–Kier alpha value is -3.47. The molecule has 2 N–H and O–H groups in total. The summed E-state index contributed by atoms with van der Waals surface area (Å²) in [6.45, 7) is 4.99. The molecule has 0 fully saturated rings. The fourth-order valence-corrected chi connectivity index (χ4v) is 3.01. The van der Waals surface area contributed by atoms with Crippen LogP contribution in [0.1, 0.15) is 27.0 Å². The second kappa shape index (κ2) is 7.64. The van der Waals surface area contributed by atoms with Gasteiger partial charge in [0.2, 0.25) is 6.79 Å². The lowest BCUT2D eigenvalue weighted by atomic mass is 10.1. The highest BCUT2D eigenvalue weighted by atomic mass is 16.7. The van der Waals surface area contributed by atoms with E-state index in [4.69, 9.17) is 9.47 Å². The van der Waals surface area contributed by atoms with Gasteiger partial charge < -0.3 is 20.1 Å². The van der Waals surface area contributed by atoms with E-state index in [9.17, 15) is 4.79 Å². The van der Waals surface area contributed by atoms with Crippen molar-refractivity contribution in [1.29, 1.82) is 0 Å². The number of hydrogen-bond donors (Lipinski definition) is 2. The molecule has 0 radical (unpaired) electrons. The first-order valence-corrected chi connectivity index (χ1v) is 9.19. The van der Waals surface area contributed by atoms with Crippen molar-refractivity contribution >= 4 is 17.3 Å². The molecule has 3 aromatic rings. The van der Waals surface area contributed by atoms with Crippen LogP contribution in [0.3, 0.4) is 0 Å². The van der Waals surface area contributed by atoms with Crippen LogP contribution >= 0.6 is 0 Å². The van der Waals surface area contributed by atoms with E-state index in [1.54, 1.807) is 0 Å². The molecule has 4 rings (SSSR count). The normalized spacial score (nSPS) is 11.9. The second-order valence-electron chi connectivity index (χ2n) is 6.87. The van der Waals surface area contributed by atoms with Gasteiger partial charge in [0.15, 0.2) is 11.5 Å². The number of fused-ring (bicyclic) bond motifs is 1. The maximum absolute atomic E-state index is 12.4. The molecule has 5 nitrogen and oxygen atoms in total. The van der Waals surface area contributed by atoms with Crippen molar-refractivity contribution in [2.24, 2.45) is 0 Å². The standard InChI is InChI=1S/C23H22N2O3/c1-15-3-5-18(11-16(15)2)23(26)25-20-8-6-19(7-9-20)24-13-17-4-10-21-22(12-17)28-14-27-21/h3-12,24H,13-14H2,1-2H3,(H,25,26). The number of ether oxygens (including phenoxy) is 2. The first-order valence-electron chi connectivity index (χ1n) is 9.19. The van der Waals surface area contributed by atoms with Gasteiger partial charge in [-0.2, -0.15) is 0 Å². The summed E-state index contributed by atoms with van der Waals surface area (Å²) in [6, 6.07) is 19.3. The average molecular weight is 374 g/mol. The summed E-state index contributed by atoms with van der Waals surface area (Å²) in [5.41, 5.74) is 5.79. The SMILES string of the molecule is Cc1ccc(C(=O)Nc2ccc(NCc3ccc4c(c3)OCO4)cc2)cc1C. The van der Waals surface area contributed by atoms with Gasteiger partial charge in [-0.25, -0.2) is 0 Å². The third-order valence-electron chi connectivity index (χ3n) is 4.85. The van der Waals surface area contributed by atoms with E-state index in [1.807, 2.05) is 74.5 Å². The molecule has 28 heavy (non-hydrogen) atoms. The van der Waals surface area contributed by atoms with E-state index in [2.05, 4.69) is 10.6 Å². The van der Waals surface area contributed by atoms with E-state index in [-0.39, 0.29) is 12.7 Å². The number of hydrogen-bond acceptors (Lipinski definition) is 4. The van der Waals surface area contributed by atoms with E-state index in [0.29, 0.717) is 12.1 Å². The lowest BCUT2D eigenvalue weighted by Gasteiger charge is -2.10. The smallest absolute Gasteiger partial charge is 0.255 e. The predicted molar refractivity (Wildman–Crippen MR) is 110 cm³/mol. The molecule has 1 heterocycles. The monoisotopic (exact) mass is 374 g/mol. The first-order chi connectivity index (χ1) is 13.6. The van der Waals surface area contributed by atoms with Gasteiger partial charge in [0.05, 0.1) is 0 Å². The van der Waals surface area contributed by atoms with Crippen LogP contribution in [0.5, 0.6) is 11.5 Å². The molecule has 0 aliphatic carbocycles. The third-order valence-corrected chi connectivity index (χ3v) is 4.85. The van der Waals surface area contributed by atoms with Crippen molar-refractivity contribution < 1.29 is 14.3 Å². The molecule has 5 heteroatoms. The summed E-state index contributed by atoms with van der Waals surface area (Å²) in [7, 11) is 0. The molecule has 0 spiro atoms. The lowest BCUT2D eigenvalue weighted by molar-refractivity contribution is 0.102.